The molecule has 9 aromatic heterocycles. The number of hydrogen-bond acceptors (Lipinski definition) is 12. The molecule has 0 radical (unpaired) electrons. The maximum Gasteiger partial charge on any atom is 2.00 e. The van der Waals surface area contributed by atoms with Gasteiger partial charge in [-0.2, -0.15) is 66.8 Å². The average molecular weight is 2240 g/mol. The third kappa shape index (κ3) is 17.4. The first-order valence-electron chi connectivity index (χ1n) is 40.4. The molecule has 0 aliphatic carbocycles. The summed E-state index contributed by atoms with van der Waals surface area (Å²) in [7, 11) is 11.4. The zero-order valence-corrected chi connectivity index (χ0v) is 76.5. The smallest absolute Gasteiger partial charge is 0.459 e. The summed E-state index contributed by atoms with van der Waals surface area (Å²) in [5.41, 5.74) is 15.2. The number of fused-ring (bicyclic) bond motifs is 9. The summed E-state index contributed by atoms with van der Waals surface area (Å²) in [6, 6.07) is 113. The fraction of sp³-hybridized carbons (Fsp3) is 0.0588. The summed E-state index contributed by atoms with van der Waals surface area (Å²) < 4.78 is 70.6. The number of imidazole rings is 2. The Morgan fingerprint density at radius 2 is 0.519 bits per heavy atom. The van der Waals surface area contributed by atoms with Crippen molar-refractivity contribution in [2.45, 2.75) is 0 Å². The summed E-state index contributed by atoms with van der Waals surface area (Å²) in [4.78, 5) is 17.7. The summed E-state index contributed by atoms with van der Waals surface area (Å²) in [6.45, 7) is 0. The summed E-state index contributed by atoms with van der Waals surface area (Å²) in [5.74, 6) is 4.26. The number of benzene rings is 13. The Kier molecular flexibility index (Phi) is 24.8. The quantitative estimate of drug-likeness (QED) is 0.0708. The molecule has 0 fully saturated rings. The van der Waals surface area contributed by atoms with Gasteiger partial charge in [0.2, 0.25) is 11.8 Å². The molecule has 0 N–H and O–H groups in total. The van der Waals surface area contributed by atoms with E-state index in [0.717, 1.165) is 151 Å². The third-order valence-corrected chi connectivity index (χ3v) is 21.4. The van der Waals surface area contributed by atoms with Crippen molar-refractivity contribution in [1.82, 2.24) is 71.9 Å². The second-order valence-electron chi connectivity index (χ2n) is 30.0. The van der Waals surface area contributed by atoms with Gasteiger partial charge in [-0.3, -0.25) is 18.7 Å². The van der Waals surface area contributed by atoms with Gasteiger partial charge in [-0.05, 0) is 144 Å². The van der Waals surface area contributed by atoms with E-state index in [0.29, 0.717) is 23.3 Å². The van der Waals surface area contributed by atoms with Crippen molar-refractivity contribution < 1.29 is 85.8 Å². The van der Waals surface area contributed by atoms with Crippen LogP contribution in [0.15, 0.2) is 341 Å². The number of halogens is 3. The maximum absolute atomic E-state index is 14.0. The van der Waals surface area contributed by atoms with Crippen molar-refractivity contribution in [1.29, 1.82) is 0 Å². The Morgan fingerprint density at radius 1 is 0.264 bits per heavy atom. The SMILES string of the molecule is Cn1ccc(N(c2[c-]c3c4[c-]c(N(c5ccccc5)c5ccn(C)n5)ccc4n(-c4ccc(F)cc4)c3cc2)c2ccccc2)n1.Cn1ccc(Oc2[c-]c3c4[c-]c(Oc5ccn(C)n5)ccc4n(-c4ccc(F)cc4)c3cc2)n1.Cn1cnc(N(c2[c-]c3c4[c-]c(N(c5ccccc5)c5cn(C)cn5)ccc4n(-c4ccc(F)cc4)c3cc2)c2ccccc2)c1.[Pt+2].[Pt+2].[Pt+2]. The first-order valence-corrected chi connectivity index (χ1v) is 40.4. The third-order valence-electron chi connectivity index (χ3n) is 21.4. The molecule has 0 saturated heterocycles. The van der Waals surface area contributed by atoms with Crippen LogP contribution in [0.1, 0.15) is 0 Å². The standard InChI is InChI=1S/2C38H28FN7.C26H18FN5O2.3Pt/c1-42-23-37(40-25-42)44(28-9-5-3-6-10-28)31-17-19-35-33(21-31)34-22-32(18-20-36(34)46(35)30-15-13-27(39)14-16-30)45(29-11-7-4-8-12-29)38-24-43(2)26-41-38;1-42-23-21-37(40-42)44(28-9-5-3-6-10-28)31-17-19-35-33(25-31)34-26-32(18-20-36(34)46(35)30-15-13-27(39)14-16-30)45(29-11-7-4-8-12-29)38-22-24-43(2)41-38;1-30-13-11-25(28-30)33-19-7-9-23-21(15-19)22-16-20(34-26-12-14-31(2)29-26)8-10-24(22)32(23)18-5-3-17(27)4-6-18;;;/h3-20,23-26H,1-2H3;3-24H,1-2H3;3-14H,1-2H3;;;/q3*-2;3*+2. The van der Waals surface area contributed by atoms with Crippen LogP contribution >= 0.6 is 0 Å². The number of aromatic nitrogens is 15. The van der Waals surface area contributed by atoms with Crippen molar-refractivity contribution in [3.05, 3.63) is 395 Å². The number of hydrogen-bond donors (Lipinski definition) is 0. The van der Waals surface area contributed by atoms with E-state index in [9.17, 15) is 13.2 Å². The molecule has 0 saturated carbocycles. The van der Waals surface area contributed by atoms with Crippen LogP contribution in [0.5, 0.6) is 23.3 Å². The maximum atomic E-state index is 14.0. The Bertz CT molecular complexity index is 6990. The molecule has 21 nitrogen and oxygen atoms in total. The zero-order chi connectivity index (χ0) is 85.6. The fourth-order valence-corrected chi connectivity index (χ4v) is 15.8. The Labute approximate surface area is 782 Å². The van der Waals surface area contributed by atoms with Gasteiger partial charge in [0.15, 0.2) is 23.3 Å². The van der Waals surface area contributed by atoms with E-state index in [1.54, 1.807) is 79.9 Å². The van der Waals surface area contributed by atoms with Gasteiger partial charge in [0.05, 0.1) is 12.7 Å². The van der Waals surface area contributed by atoms with Crippen LogP contribution in [-0.2, 0) is 105 Å². The van der Waals surface area contributed by atoms with Gasteiger partial charge >= 0.3 is 63.2 Å². The van der Waals surface area contributed by atoms with Gasteiger partial charge in [0.1, 0.15) is 17.5 Å². The molecule has 0 aliphatic heterocycles. The molecule has 0 amide bonds. The molecule has 13 aromatic carbocycles. The average Bonchev–Trinajstić information content (AvgIpc) is 1.59. The molecular formula is C102H74F3N19O2Pt3. The number of aryl methyl sites for hydroxylation is 6. The van der Waals surface area contributed by atoms with Crippen LogP contribution in [-0.4, -0.2) is 71.9 Å². The molecule has 0 bridgehead atoms. The van der Waals surface area contributed by atoms with Crippen LogP contribution in [0.3, 0.4) is 0 Å². The minimum absolute atomic E-state index is 0. The van der Waals surface area contributed by atoms with Gasteiger partial charge in [-0.1, -0.05) is 106 Å². The van der Waals surface area contributed by atoms with Crippen LogP contribution < -0.4 is 29.1 Å². The topological polar surface area (TPSA) is 153 Å². The second kappa shape index (κ2) is 37.0. The van der Waals surface area contributed by atoms with Crippen LogP contribution in [0.25, 0.3) is 82.5 Å². The number of para-hydroxylation sites is 4. The molecule has 0 aliphatic rings. The molecule has 129 heavy (non-hydrogen) atoms. The fourth-order valence-electron chi connectivity index (χ4n) is 15.8. The molecular weight excluding hydrogens is 2170 g/mol. The largest absolute Gasteiger partial charge is 2.00 e. The first kappa shape index (κ1) is 86.3. The summed E-state index contributed by atoms with van der Waals surface area (Å²) >= 11 is 0. The minimum atomic E-state index is -0.292. The predicted octanol–water partition coefficient (Wildman–Crippen LogP) is 23.4. The van der Waals surface area contributed by atoms with E-state index >= 15 is 0 Å². The van der Waals surface area contributed by atoms with Crippen molar-refractivity contribution in [3.8, 4) is 40.3 Å². The first-order chi connectivity index (χ1) is 61.6. The Hall–Kier alpha value is -14.8. The van der Waals surface area contributed by atoms with Gasteiger partial charge in [-0.15, -0.1) is 95.1 Å². The number of ether oxygens (including phenoxy) is 2. The molecule has 0 unspecified atom stereocenters. The Morgan fingerprint density at radius 3 is 0.767 bits per heavy atom. The van der Waals surface area contributed by atoms with Crippen LogP contribution in [0.2, 0.25) is 0 Å². The predicted molar refractivity (Wildman–Crippen MR) is 488 cm³/mol. The van der Waals surface area contributed by atoms with E-state index in [2.05, 4.69) is 158 Å². The normalized spacial score (nSPS) is 11.1. The zero-order valence-electron chi connectivity index (χ0n) is 69.7. The van der Waals surface area contributed by atoms with Gasteiger partial charge in [0.25, 0.3) is 0 Å². The van der Waals surface area contributed by atoms with Crippen LogP contribution in [0, 0.1) is 53.8 Å². The number of anilines is 12. The van der Waals surface area contributed by atoms with E-state index in [-0.39, 0.29) is 80.6 Å². The van der Waals surface area contributed by atoms with Gasteiger partial charge in [0, 0.05) is 155 Å². The summed E-state index contributed by atoms with van der Waals surface area (Å²) in [6.07, 6.45) is 15.0. The molecule has 27 heteroatoms. The van der Waals surface area contributed by atoms with E-state index in [1.165, 1.54) is 36.4 Å². The van der Waals surface area contributed by atoms with Crippen molar-refractivity contribution >= 4 is 134 Å². The number of rotatable bonds is 19. The van der Waals surface area contributed by atoms with Gasteiger partial charge in [-0.25, -0.2) is 23.1 Å². The van der Waals surface area contributed by atoms with Crippen molar-refractivity contribution in [2.75, 3.05) is 19.6 Å². The van der Waals surface area contributed by atoms with Crippen molar-refractivity contribution in [3.63, 3.8) is 0 Å². The van der Waals surface area contributed by atoms with Crippen LogP contribution in [0.4, 0.5) is 81.9 Å². The molecule has 640 valence electrons. The molecule has 9 heterocycles. The van der Waals surface area contributed by atoms with E-state index < -0.39 is 0 Å². The van der Waals surface area contributed by atoms with Gasteiger partial charge < -0.3 is 51.9 Å². The summed E-state index contributed by atoms with van der Waals surface area (Å²) in [5, 5.41) is 23.1. The Balaban J connectivity index is 0.000000136. The molecule has 0 atom stereocenters. The second-order valence-corrected chi connectivity index (χ2v) is 30.0. The number of nitrogens with zero attached hydrogens (tertiary/aromatic N) is 19. The minimum Gasteiger partial charge on any atom is -0.459 e. The van der Waals surface area contributed by atoms with Crippen molar-refractivity contribution in [2.24, 2.45) is 42.3 Å². The molecule has 22 rings (SSSR count). The molecule has 0 spiro atoms. The van der Waals surface area contributed by atoms with E-state index in [4.69, 9.17) is 19.7 Å². The molecule has 22 aromatic rings. The monoisotopic (exact) mass is 2240 g/mol. The van der Waals surface area contributed by atoms with E-state index in [1.807, 2.05) is 227 Å².